The molecule has 0 saturated carbocycles. The van der Waals surface area contributed by atoms with E-state index in [1.807, 2.05) is 18.9 Å². The number of anilines is 1. The highest BCUT2D eigenvalue weighted by Gasteiger charge is 2.25. The lowest BCUT2D eigenvalue weighted by atomic mass is 10.1. The molecule has 6 heteroatoms. The molecule has 1 aliphatic rings. The van der Waals surface area contributed by atoms with Crippen LogP contribution in [-0.4, -0.2) is 42.6 Å². The van der Waals surface area contributed by atoms with Gasteiger partial charge in [0.2, 0.25) is 0 Å². The van der Waals surface area contributed by atoms with Crippen molar-refractivity contribution >= 4 is 22.9 Å². The van der Waals surface area contributed by atoms with Crippen LogP contribution in [0.4, 0.5) is 14.5 Å². The Hall–Kier alpha value is -1.27. The van der Waals surface area contributed by atoms with E-state index in [1.165, 1.54) is 6.07 Å². The average molecular weight is 299 g/mol. The molecule has 0 amide bonds. The molecule has 1 unspecified atom stereocenters. The second kappa shape index (κ2) is 6.01. The Kier molecular flexibility index (Phi) is 4.55. The summed E-state index contributed by atoms with van der Waals surface area (Å²) in [6.45, 7) is 4.49. The zero-order chi connectivity index (χ0) is 14.9. The molecule has 0 aliphatic carbocycles. The SMILES string of the molecule is CC1CN(C)CCCN1c1ccc(C(N)=S)c(F)c1F. The third-order valence-corrected chi connectivity index (χ3v) is 3.90. The van der Waals surface area contributed by atoms with Crippen LogP contribution >= 0.6 is 12.2 Å². The summed E-state index contributed by atoms with van der Waals surface area (Å²) in [6, 6.07) is 3.14. The molecule has 1 heterocycles. The van der Waals surface area contributed by atoms with Crippen molar-refractivity contribution in [3.8, 4) is 0 Å². The molecule has 2 rings (SSSR count). The summed E-state index contributed by atoms with van der Waals surface area (Å²) < 4.78 is 28.3. The smallest absolute Gasteiger partial charge is 0.182 e. The summed E-state index contributed by atoms with van der Waals surface area (Å²) in [6.07, 6.45) is 0.916. The standard InChI is InChI=1S/C14H19F2N3S/c1-9-8-18(2)6-3-7-19(9)11-5-4-10(14(17)20)12(15)13(11)16/h4-5,9H,3,6-8H2,1-2H3,(H2,17,20). The fourth-order valence-electron chi connectivity index (χ4n) is 2.68. The van der Waals surface area contributed by atoms with Gasteiger partial charge in [-0.05, 0) is 39.1 Å². The van der Waals surface area contributed by atoms with Crippen LogP contribution in [0, 0.1) is 11.6 Å². The van der Waals surface area contributed by atoms with Gasteiger partial charge in [-0.1, -0.05) is 12.2 Å². The monoisotopic (exact) mass is 299 g/mol. The molecule has 1 saturated heterocycles. The van der Waals surface area contributed by atoms with E-state index in [9.17, 15) is 8.78 Å². The zero-order valence-corrected chi connectivity index (χ0v) is 12.5. The first-order valence-electron chi connectivity index (χ1n) is 6.64. The Labute approximate surface area is 123 Å². The molecule has 1 aliphatic heterocycles. The summed E-state index contributed by atoms with van der Waals surface area (Å²) in [5.74, 6) is -1.83. The molecule has 1 aromatic rings. The molecule has 0 radical (unpaired) electrons. The van der Waals surface area contributed by atoms with Crippen LogP contribution in [0.3, 0.4) is 0 Å². The van der Waals surface area contributed by atoms with E-state index in [4.69, 9.17) is 18.0 Å². The van der Waals surface area contributed by atoms with Gasteiger partial charge in [0.15, 0.2) is 11.6 Å². The van der Waals surface area contributed by atoms with Crippen molar-refractivity contribution in [3.63, 3.8) is 0 Å². The number of hydrogen-bond acceptors (Lipinski definition) is 3. The Morgan fingerprint density at radius 1 is 1.30 bits per heavy atom. The highest BCUT2D eigenvalue weighted by Crippen LogP contribution is 2.27. The van der Waals surface area contributed by atoms with Crippen LogP contribution in [0.5, 0.6) is 0 Å². The minimum absolute atomic E-state index is 0.0409. The minimum Gasteiger partial charge on any atom is -0.389 e. The van der Waals surface area contributed by atoms with Crippen LogP contribution in [-0.2, 0) is 0 Å². The van der Waals surface area contributed by atoms with Crippen molar-refractivity contribution in [2.75, 3.05) is 31.6 Å². The summed E-state index contributed by atoms with van der Waals surface area (Å²) in [5, 5.41) is 0. The van der Waals surface area contributed by atoms with Gasteiger partial charge in [0, 0.05) is 24.7 Å². The average Bonchev–Trinajstić information content (AvgIpc) is 2.53. The van der Waals surface area contributed by atoms with Crippen LogP contribution < -0.4 is 10.6 Å². The maximum Gasteiger partial charge on any atom is 0.182 e. The maximum atomic E-state index is 14.3. The van der Waals surface area contributed by atoms with Gasteiger partial charge in [0.05, 0.1) is 5.69 Å². The van der Waals surface area contributed by atoms with Gasteiger partial charge in [-0.2, -0.15) is 0 Å². The number of likely N-dealkylation sites (N-methyl/N-ethyl adjacent to an activating group) is 1. The first-order chi connectivity index (χ1) is 9.41. The Morgan fingerprint density at radius 2 is 2.00 bits per heavy atom. The van der Waals surface area contributed by atoms with Gasteiger partial charge in [0.25, 0.3) is 0 Å². The van der Waals surface area contributed by atoms with Crippen LogP contribution in [0.25, 0.3) is 0 Å². The molecular formula is C14H19F2N3S. The van der Waals surface area contributed by atoms with Crippen LogP contribution in [0.15, 0.2) is 12.1 Å². The quantitative estimate of drug-likeness (QED) is 0.848. The fraction of sp³-hybridized carbons (Fsp3) is 0.500. The van der Waals surface area contributed by atoms with E-state index in [2.05, 4.69) is 4.90 Å². The first kappa shape index (κ1) is 15.1. The largest absolute Gasteiger partial charge is 0.389 e. The summed E-state index contributed by atoms with van der Waals surface area (Å²) >= 11 is 4.72. The fourth-order valence-corrected chi connectivity index (χ4v) is 2.84. The summed E-state index contributed by atoms with van der Waals surface area (Å²) in [4.78, 5) is 3.98. The zero-order valence-electron chi connectivity index (χ0n) is 11.7. The summed E-state index contributed by atoms with van der Waals surface area (Å²) in [7, 11) is 2.03. The molecule has 0 aromatic heterocycles. The number of nitrogens with zero attached hydrogens (tertiary/aromatic N) is 2. The maximum absolute atomic E-state index is 14.3. The van der Waals surface area contributed by atoms with Crippen molar-refractivity contribution in [2.24, 2.45) is 5.73 Å². The third kappa shape index (κ3) is 2.91. The second-order valence-corrected chi connectivity index (χ2v) is 5.72. The highest BCUT2D eigenvalue weighted by molar-refractivity contribution is 7.80. The normalized spacial score (nSPS) is 20.8. The predicted octanol–water partition coefficient (Wildman–Crippen LogP) is 2.13. The Balaban J connectivity index is 2.37. The van der Waals surface area contributed by atoms with Crippen molar-refractivity contribution in [3.05, 3.63) is 29.3 Å². The first-order valence-corrected chi connectivity index (χ1v) is 7.05. The lowest BCUT2D eigenvalue weighted by Gasteiger charge is -2.30. The highest BCUT2D eigenvalue weighted by atomic mass is 32.1. The topological polar surface area (TPSA) is 32.5 Å². The van der Waals surface area contributed by atoms with Crippen molar-refractivity contribution in [1.82, 2.24) is 4.90 Å². The van der Waals surface area contributed by atoms with Crippen molar-refractivity contribution in [2.45, 2.75) is 19.4 Å². The third-order valence-electron chi connectivity index (χ3n) is 3.68. The van der Waals surface area contributed by atoms with Gasteiger partial charge in [-0.3, -0.25) is 0 Å². The van der Waals surface area contributed by atoms with E-state index in [0.717, 1.165) is 19.5 Å². The van der Waals surface area contributed by atoms with Crippen LogP contribution in [0.1, 0.15) is 18.9 Å². The van der Waals surface area contributed by atoms with Gasteiger partial charge in [0.1, 0.15) is 4.99 Å². The number of hydrogen-bond donors (Lipinski definition) is 1. The lowest BCUT2D eigenvalue weighted by molar-refractivity contribution is 0.337. The minimum atomic E-state index is -0.959. The van der Waals surface area contributed by atoms with E-state index < -0.39 is 11.6 Å². The molecule has 3 nitrogen and oxygen atoms in total. The molecule has 2 N–H and O–H groups in total. The molecule has 1 aromatic carbocycles. The van der Waals surface area contributed by atoms with E-state index in [0.29, 0.717) is 6.54 Å². The number of nitrogens with two attached hydrogens (primary N) is 1. The molecule has 20 heavy (non-hydrogen) atoms. The number of halogens is 2. The van der Waals surface area contributed by atoms with Gasteiger partial charge >= 0.3 is 0 Å². The van der Waals surface area contributed by atoms with Crippen molar-refractivity contribution in [1.29, 1.82) is 0 Å². The molecule has 0 bridgehead atoms. The Morgan fingerprint density at radius 3 is 2.65 bits per heavy atom. The van der Waals surface area contributed by atoms with Gasteiger partial charge in [-0.25, -0.2) is 8.78 Å². The molecular weight excluding hydrogens is 280 g/mol. The van der Waals surface area contributed by atoms with Crippen molar-refractivity contribution < 1.29 is 8.78 Å². The molecule has 0 spiro atoms. The molecule has 1 atom stereocenters. The van der Waals surface area contributed by atoms with E-state index >= 15 is 0 Å². The van der Waals surface area contributed by atoms with Gasteiger partial charge < -0.3 is 15.5 Å². The Bertz CT molecular complexity index is 521. The molecule has 110 valence electrons. The van der Waals surface area contributed by atoms with Gasteiger partial charge in [-0.15, -0.1) is 0 Å². The van der Waals surface area contributed by atoms with Crippen LogP contribution in [0.2, 0.25) is 0 Å². The summed E-state index contributed by atoms with van der Waals surface area (Å²) in [5.41, 5.74) is 5.63. The number of benzene rings is 1. The predicted molar refractivity (Wildman–Crippen MR) is 81.2 cm³/mol. The molecule has 1 fully saturated rings. The van der Waals surface area contributed by atoms with E-state index in [-0.39, 0.29) is 22.3 Å². The lowest BCUT2D eigenvalue weighted by Crippen LogP contribution is -2.38. The second-order valence-electron chi connectivity index (χ2n) is 5.28. The number of rotatable bonds is 2. The van der Waals surface area contributed by atoms with E-state index in [1.54, 1.807) is 6.07 Å². The number of thiocarbonyl (C=S) groups is 1.